The van der Waals surface area contributed by atoms with E-state index in [1.807, 2.05) is 48.4 Å². The Labute approximate surface area is 119 Å². The summed E-state index contributed by atoms with van der Waals surface area (Å²) >= 11 is 0. The summed E-state index contributed by atoms with van der Waals surface area (Å²) in [4.78, 5) is 4.32. The molecule has 1 aromatic carbocycles. The molecule has 0 radical (unpaired) electrons. The average Bonchev–Trinajstić information content (AvgIpc) is 2.83. The van der Waals surface area contributed by atoms with Crippen molar-refractivity contribution in [1.82, 2.24) is 9.78 Å². The second-order valence-electron chi connectivity index (χ2n) is 4.88. The smallest absolute Gasteiger partial charge is 0.193 e. The minimum Gasteiger partial charge on any atom is -0.370 e. The molecule has 0 aliphatic heterocycles. The zero-order valence-electron chi connectivity index (χ0n) is 12.0. The van der Waals surface area contributed by atoms with Crippen LogP contribution < -0.4 is 11.1 Å². The summed E-state index contributed by atoms with van der Waals surface area (Å²) in [5.41, 5.74) is 9.27. The first-order chi connectivity index (χ1) is 9.63. The van der Waals surface area contributed by atoms with Crippen molar-refractivity contribution in [2.75, 3.05) is 11.9 Å². The highest BCUT2D eigenvalue weighted by Gasteiger charge is 1.97. The van der Waals surface area contributed by atoms with Crippen molar-refractivity contribution in [3.63, 3.8) is 0 Å². The van der Waals surface area contributed by atoms with E-state index in [0.29, 0.717) is 12.5 Å². The largest absolute Gasteiger partial charge is 0.370 e. The van der Waals surface area contributed by atoms with E-state index in [9.17, 15) is 0 Å². The van der Waals surface area contributed by atoms with Gasteiger partial charge in [-0.1, -0.05) is 17.7 Å². The minimum absolute atomic E-state index is 0.458. The second-order valence-corrected chi connectivity index (χ2v) is 4.88. The van der Waals surface area contributed by atoms with Gasteiger partial charge in [-0.15, -0.1) is 0 Å². The van der Waals surface area contributed by atoms with Gasteiger partial charge in [-0.2, -0.15) is 5.10 Å². The summed E-state index contributed by atoms with van der Waals surface area (Å²) in [7, 11) is 1.92. The Morgan fingerprint density at radius 2 is 2.10 bits per heavy atom. The lowest BCUT2D eigenvalue weighted by Gasteiger charge is -2.05. The molecule has 2 rings (SSSR count). The summed E-state index contributed by atoms with van der Waals surface area (Å²) in [5.74, 6) is 0.458. The van der Waals surface area contributed by atoms with Crippen molar-refractivity contribution in [3.05, 3.63) is 47.8 Å². The topological polar surface area (TPSA) is 68.2 Å². The second kappa shape index (κ2) is 6.75. The van der Waals surface area contributed by atoms with Crippen LogP contribution in [-0.2, 0) is 13.5 Å². The van der Waals surface area contributed by atoms with Crippen LogP contribution in [0.15, 0.2) is 41.7 Å². The first-order valence-corrected chi connectivity index (χ1v) is 6.74. The van der Waals surface area contributed by atoms with Gasteiger partial charge in [0.25, 0.3) is 0 Å². The highest BCUT2D eigenvalue weighted by atomic mass is 15.2. The number of nitrogens with zero attached hydrogens (tertiary/aromatic N) is 3. The van der Waals surface area contributed by atoms with Crippen LogP contribution in [0.5, 0.6) is 0 Å². The molecule has 0 unspecified atom stereocenters. The molecule has 20 heavy (non-hydrogen) atoms. The Morgan fingerprint density at radius 3 is 2.75 bits per heavy atom. The molecule has 0 aliphatic rings. The standard InChI is InChI=1S/C15H21N5/c1-12-5-7-14(8-6-12)19-15(16)17-9-3-4-13-10-18-20(2)11-13/h5-8,10-11H,3-4,9H2,1-2H3,(H3,16,17,19). The van der Waals surface area contributed by atoms with Crippen molar-refractivity contribution in [2.45, 2.75) is 19.8 Å². The average molecular weight is 271 g/mol. The molecule has 5 nitrogen and oxygen atoms in total. The number of nitrogens with two attached hydrogens (primary N) is 1. The van der Waals surface area contributed by atoms with E-state index in [1.54, 1.807) is 0 Å². The summed E-state index contributed by atoms with van der Waals surface area (Å²) in [6, 6.07) is 8.07. The quantitative estimate of drug-likeness (QED) is 0.497. The van der Waals surface area contributed by atoms with E-state index in [2.05, 4.69) is 22.3 Å². The van der Waals surface area contributed by atoms with Crippen LogP contribution >= 0.6 is 0 Å². The van der Waals surface area contributed by atoms with Gasteiger partial charge < -0.3 is 11.1 Å². The number of hydrogen-bond donors (Lipinski definition) is 2. The van der Waals surface area contributed by atoms with Gasteiger partial charge in [-0.05, 0) is 37.5 Å². The molecular weight excluding hydrogens is 250 g/mol. The van der Waals surface area contributed by atoms with Crippen LogP contribution in [0, 0.1) is 6.92 Å². The molecule has 0 atom stereocenters. The van der Waals surface area contributed by atoms with Crippen molar-refractivity contribution >= 4 is 11.6 Å². The predicted molar refractivity (Wildman–Crippen MR) is 82.8 cm³/mol. The van der Waals surface area contributed by atoms with Gasteiger partial charge in [0.05, 0.1) is 6.20 Å². The van der Waals surface area contributed by atoms with Gasteiger partial charge in [0.1, 0.15) is 0 Å². The van der Waals surface area contributed by atoms with Gasteiger partial charge in [0.2, 0.25) is 0 Å². The summed E-state index contributed by atoms with van der Waals surface area (Å²) < 4.78 is 1.81. The Morgan fingerprint density at radius 1 is 1.35 bits per heavy atom. The van der Waals surface area contributed by atoms with Crippen LogP contribution in [0.3, 0.4) is 0 Å². The first-order valence-electron chi connectivity index (χ1n) is 6.74. The first kappa shape index (κ1) is 14.1. The van der Waals surface area contributed by atoms with Crippen LogP contribution in [0.4, 0.5) is 5.69 Å². The summed E-state index contributed by atoms with van der Waals surface area (Å²) in [5, 5.41) is 7.22. The number of aromatic nitrogens is 2. The van der Waals surface area contributed by atoms with E-state index >= 15 is 0 Å². The molecule has 106 valence electrons. The fourth-order valence-corrected chi connectivity index (χ4v) is 1.91. The lowest BCUT2D eigenvalue weighted by Crippen LogP contribution is -2.22. The van der Waals surface area contributed by atoms with Gasteiger partial charge in [0, 0.05) is 25.5 Å². The highest BCUT2D eigenvalue weighted by molar-refractivity contribution is 5.92. The van der Waals surface area contributed by atoms with E-state index in [1.165, 1.54) is 11.1 Å². The van der Waals surface area contributed by atoms with Crippen LogP contribution in [0.25, 0.3) is 0 Å². The number of anilines is 1. The van der Waals surface area contributed by atoms with Crippen LogP contribution in [-0.4, -0.2) is 22.3 Å². The fourth-order valence-electron chi connectivity index (χ4n) is 1.91. The van der Waals surface area contributed by atoms with Gasteiger partial charge in [0.15, 0.2) is 5.96 Å². The monoisotopic (exact) mass is 271 g/mol. The third kappa shape index (κ3) is 4.42. The number of hydrogen-bond acceptors (Lipinski definition) is 2. The molecule has 0 saturated carbocycles. The number of benzene rings is 1. The normalized spacial score (nSPS) is 11.6. The highest BCUT2D eigenvalue weighted by Crippen LogP contribution is 2.08. The minimum atomic E-state index is 0.458. The molecule has 5 heteroatoms. The number of rotatable bonds is 5. The molecule has 0 fully saturated rings. The number of nitrogens with one attached hydrogen (secondary N) is 1. The lowest BCUT2D eigenvalue weighted by atomic mass is 10.2. The Bertz CT molecular complexity index is 568. The van der Waals surface area contributed by atoms with E-state index in [0.717, 1.165) is 18.5 Å². The SMILES string of the molecule is Cc1ccc(NC(N)=NCCCc2cnn(C)c2)cc1. The van der Waals surface area contributed by atoms with E-state index in [-0.39, 0.29) is 0 Å². The zero-order chi connectivity index (χ0) is 14.4. The van der Waals surface area contributed by atoms with Gasteiger partial charge >= 0.3 is 0 Å². The van der Waals surface area contributed by atoms with Gasteiger partial charge in [-0.3, -0.25) is 9.67 Å². The summed E-state index contributed by atoms with van der Waals surface area (Å²) in [6.45, 7) is 2.76. The molecule has 0 saturated heterocycles. The molecule has 0 aliphatic carbocycles. The lowest BCUT2D eigenvalue weighted by molar-refractivity contribution is 0.765. The zero-order valence-corrected chi connectivity index (χ0v) is 12.0. The molecule has 1 aromatic heterocycles. The van der Waals surface area contributed by atoms with Crippen molar-refractivity contribution in [1.29, 1.82) is 0 Å². The third-order valence-corrected chi connectivity index (χ3v) is 2.99. The molecule has 0 amide bonds. The van der Waals surface area contributed by atoms with Crippen LogP contribution in [0.2, 0.25) is 0 Å². The molecule has 3 N–H and O–H groups in total. The maximum Gasteiger partial charge on any atom is 0.193 e. The van der Waals surface area contributed by atoms with Crippen molar-refractivity contribution in [3.8, 4) is 0 Å². The molecule has 0 bridgehead atoms. The number of guanidine groups is 1. The Hall–Kier alpha value is -2.30. The van der Waals surface area contributed by atoms with E-state index < -0.39 is 0 Å². The van der Waals surface area contributed by atoms with Crippen molar-refractivity contribution < 1.29 is 0 Å². The number of aryl methyl sites for hydroxylation is 3. The maximum absolute atomic E-state index is 5.85. The molecule has 2 aromatic rings. The molecule has 0 spiro atoms. The fraction of sp³-hybridized carbons (Fsp3) is 0.333. The molecule has 1 heterocycles. The Kier molecular flexibility index (Phi) is 4.76. The van der Waals surface area contributed by atoms with Gasteiger partial charge in [-0.25, -0.2) is 0 Å². The third-order valence-electron chi connectivity index (χ3n) is 2.99. The molecular formula is C15H21N5. The van der Waals surface area contributed by atoms with Crippen LogP contribution in [0.1, 0.15) is 17.5 Å². The Balaban J connectivity index is 1.75. The summed E-state index contributed by atoms with van der Waals surface area (Å²) in [6.07, 6.45) is 5.84. The van der Waals surface area contributed by atoms with E-state index in [4.69, 9.17) is 5.73 Å². The predicted octanol–water partition coefficient (Wildman–Crippen LogP) is 2.09. The maximum atomic E-state index is 5.85. The van der Waals surface area contributed by atoms with Crippen molar-refractivity contribution in [2.24, 2.45) is 17.8 Å². The number of aliphatic imine (C=N–C) groups is 1.